The van der Waals surface area contributed by atoms with E-state index in [9.17, 15) is 9.59 Å². The van der Waals surface area contributed by atoms with E-state index in [0.29, 0.717) is 11.4 Å². The Morgan fingerprint density at radius 2 is 1.95 bits per heavy atom. The van der Waals surface area contributed by atoms with E-state index in [1.54, 1.807) is 31.4 Å². The van der Waals surface area contributed by atoms with Gasteiger partial charge in [-0.25, -0.2) is 0 Å². The van der Waals surface area contributed by atoms with Gasteiger partial charge in [0.2, 0.25) is 0 Å². The van der Waals surface area contributed by atoms with Crippen molar-refractivity contribution >= 4 is 17.6 Å². The molecule has 1 N–H and O–H groups in total. The molecule has 0 fully saturated rings. The van der Waals surface area contributed by atoms with Gasteiger partial charge < -0.3 is 14.8 Å². The lowest BCUT2D eigenvalue weighted by Gasteiger charge is -2.16. The lowest BCUT2D eigenvalue weighted by atomic mass is 9.93. The SMILES string of the molecule is COc1cccc(NC(=O)COC(=O)CC(C)(C)C)c1. The van der Waals surface area contributed by atoms with E-state index < -0.39 is 0 Å². The number of nitrogens with one attached hydrogen (secondary N) is 1. The van der Waals surface area contributed by atoms with Crippen molar-refractivity contribution in [1.29, 1.82) is 0 Å². The predicted molar refractivity (Wildman–Crippen MR) is 76.7 cm³/mol. The Bertz CT molecular complexity index is 477. The number of hydrogen-bond donors (Lipinski definition) is 1. The molecule has 20 heavy (non-hydrogen) atoms. The highest BCUT2D eigenvalue weighted by Gasteiger charge is 2.17. The Morgan fingerprint density at radius 3 is 2.55 bits per heavy atom. The summed E-state index contributed by atoms with van der Waals surface area (Å²) in [5.41, 5.74) is 0.446. The molecule has 5 nitrogen and oxygen atoms in total. The first kappa shape index (κ1) is 16.0. The highest BCUT2D eigenvalue weighted by Crippen LogP contribution is 2.19. The van der Waals surface area contributed by atoms with Gasteiger partial charge in [0.1, 0.15) is 5.75 Å². The standard InChI is InChI=1S/C15H21NO4/c1-15(2,3)9-14(18)20-10-13(17)16-11-6-5-7-12(8-11)19-4/h5-8H,9-10H2,1-4H3,(H,16,17). The van der Waals surface area contributed by atoms with Crippen molar-refractivity contribution < 1.29 is 19.1 Å². The summed E-state index contributed by atoms with van der Waals surface area (Å²) in [6.45, 7) is 5.52. The smallest absolute Gasteiger partial charge is 0.306 e. The van der Waals surface area contributed by atoms with Gasteiger partial charge in [0.15, 0.2) is 6.61 Å². The number of amides is 1. The predicted octanol–water partition coefficient (Wildman–Crippen LogP) is 2.61. The molecule has 1 aromatic rings. The number of carbonyl (C=O) groups is 2. The van der Waals surface area contributed by atoms with Crippen molar-refractivity contribution in [2.24, 2.45) is 5.41 Å². The van der Waals surface area contributed by atoms with Crippen LogP contribution in [-0.4, -0.2) is 25.6 Å². The molecule has 5 heteroatoms. The fraction of sp³-hybridized carbons (Fsp3) is 0.467. The molecule has 1 rings (SSSR count). The van der Waals surface area contributed by atoms with Crippen LogP contribution in [0.15, 0.2) is 24.3 Å². The number of rotatable bonds is 5. The number of esters is 1. The highest BCUT2D eigenvalue weighted by molar-refractivity contribution is 5.92. The maximum atomic E-state index is 11.7. The van der Waals surface area contributed by atoms with Gasteiger partial charge >= 0.3 is 5.97 Å². The Morgan fingerprint density at radius 1 is 1.25 bits per heavy atom. The average molecular weight is 279 g/mol. The van der Waals surface area contributed by atoms with Crippen molar-refractivity contribution in [2.45, 2.75) is 27.2 Å². The first-order valence-electron chi connectivity index (χ1n) is 6.40. The van der Waals surface area contributed by atoms with E-state index in [1.807, 2.05) is 20.8 Å². The van der Waals surface area contributed by atoms with E-state index in [0.717, 1.165) is 0 Å². The molecule has 0 radical (unpaired) electrons. The first-order valence-corrected chi connectivity index (χ1v) is 6.40. The Balaban J connectivity index is 2.42. The summed E-state index contributed by atoms with van der Waals surface area (Å²) in [4.78, 5) is 23.1. The number of carbonyl (C=O) groups excluding carboxylic acids is 2. The Hall–Kier alpha value is -2.04. The van der Waals surface area contributed by atoms with E-state index in [2.05, 4.69) is 5.32 Å². The summed E-state index contributed by atoms with van der Waals surface area (Å²) in [6.07, 6.45) is 0.277. The van der Waals surface area contributed by atoms with Gasteiger partial charge in [-0.3, -0.25) is 9.59 Å². The van der Waals surface area contributed by atoms with Crippen LogP contribution in [0.25, 0.3) is 0 Å². The van der Waals surface area contributed by atoms with Crippen LogP contribution < -0.4 is 10.1 Å². The molecule has 0 aliphatic rings. The summed E-state index contributed by atoms with van der Waals surface area (Å²) in [5.74, 6) is -0.105. The van der Waals surface area contributed by atoms with E-state index >= 15 is 0 Å². The maximum Gasteiger partial charge on any atom is 0.306 e. The highest BCUT2D eigenvalue weighted by atomic mass is 16.5. The summed E-state index contributed by atoms with van der Waals surface area (Å²) in [7, 11) is 1.55. The molecule has 0 saturated heterocycles. The summed E-state index contributed by atoms with van der Waals surface area (Å²) in [6, 6.07) is 6.96. The molecule has 0 saturated carbocycles. The van der Waals surface area contributed by atoms with Gasteiger partial charge in [-0.2, -0.15) is 0 Å². The third-order valence-corrected chi connectivity index (χ3v) is 2.39. The van der Waals surface area contributed by atoms with Crippen LogP contribution >= 0.6 is 0 Å². The van der Waals surface area contributed by atoms with Crippen molar-refractivity contribution in [3.05, 3.63) is 24.3 Å². The number of anilines is 1. The topological polar surface area (TPSA) is 64.6 Å². The molecular formula is C15H21NO4. The van der Waals surface area contributed by atoms with Crippen LogP contribution in [0.4, 0.5) is 5.69 Å². The third-order valence-electron chi connectivity index (χ3n) is 2.39. The second kappa shape index (κ2) is 6.93. The minimum atomic E-state index is -0.377. The van der Waals surface area contributed by atoms with Crippen LogP contribution in [-0.2, 0) is 14.3 Å². The molecule has 110 valence electrons. The summed E-state index contributed by atoms with van der Waals surface area (Å²) in [5, 5.41) is 2.64. The van der Waals surface area contributed by atoms with Gasteiger partial charge in [0.25, 0.3) is 5.91 Å². The van der Waals surface area contributed by atoms with Gasteiger partial charge in [-0.05, 0) is 17.5 Å². The summed E-state index contributed by atoms with van der Waals surface area (Å²) >= 11 is 0. The molecule has 1 aromatic carbocycles. The quantitative estimate of drug-likeness (QED) is 0.841. The van der Waals surface area contributed by atoms with Gasteiger partial charge in [-0.15, -0.1) is 0 Å². The molecular weight excluding hydrogens is 258 g/mol. The number of ether oxygens (including phenoxy) is 2. The second-order valence-electron chi connectivity index (χ2n) is 5.68. The van der Waals surface area contributed by atoms with Crippen LogP contribution in [0.5, 0.6) is 5.75 Å². The van der Waals surface area contributed by atoms with Crippen molar-refractivity contribution in [3.8, 4) is 5.75 Å². The fourth-order valence-corrected chi connectivity index (χ4v) is 1.53. The Labute approximate surface area is 119 Å². The minimum Gasteiger partial charge on any atom is -0.497 e. The monoisotopic (exact) mass is 279 g/mol. The maximum absolute atomic E-state index is 11.7. The number of benzene rings is 1. The molecule has 0 aliphatic carbocycles. The molecule has 0 aliphatic heterocycles. The van der Waals surface area contributed by atoms with E-state index in [4.69, 9.17) is 9.47 Å². The molecule has 0 unspecified atom stereocenters. The van der Waals surface area contributed by atoms with Crippen LogP contribution in [0, 0.1) is 5.41 Å². The van der Waals surface area contributed by atoms with Gasteiger partial charge in [0, 0.05) is 11.8 Å². The van der Waals surface area contributed by atoms with Gasteiger partial charge in [-0.1, -0.05) is 26.8 Å². The van der Waals surface area contributed by atoms with Crippen molar-refractivity contribution in [1.82, 2.24) is 0 Å². The normalized spacial score (nSPS) is 10.8. The number of hydrogen-bond acceptors (Lipinski definition) is 4. The molecule has 0 spiro atoms. The zero-order chi connectivity index (χ0) is 15.2. The molecule has 1 amide bonds. The Kier molecular flexibility index (Phi) is 5.55. The fourth-order valence-electron chi connectivity index (χ4n) is 1.53. The molecule has 0 bridgehead atoms. The number of methoxy groups -OCH3 is 1. The lowest BCUT2D eigenvalue weighted by Crippen LogP contribution is -2.23. The zero-order valence-corrected chi connectivity index (χ0v) is 12.4. The minimum absolute atomic E-state index is 0.152. The zero-order valence-electron chi connectivity index (χ0n) is 12.4. The van der Waals surface area contributed by atoms with Crippen LogP contribution in [0.2, 0.25) is 0 Å². The molecule has 0 heterocycles. The van der Waals surface area contributed by atoms with Crippen molar-refractivity contribution in [3.63, 3.8) is 0 Å². The van der Waals surface area contributed by atoms with Crippen molar-refractivity contribution in [2.75, 3.05) is 19.0 Å². The third kappa shape index (κ3) is 6.22. The molecule has 0 aromatic heterocycles. The first-order chi connectivity index (χ1) is 9.30. The van der Waals surface area contributed by atoms with Crippen LogP contribution in [0.1, 0.15) is 27.2 Å². The second-order valence-corrected chi connectivity index (χ2v) is 5.68. The van der Waals surface area contributed by atoms with E-state index in [-0.39, 0.29) is 30.3 Å². The van der Waals surface area contributed by atoms with Crippen LogP contribution in [0.3, 0.4) is 0 Å². The lowest BCUT2D eigenvalue weighted by molar-refractivity contribution is -0.149. The summed E-state index contributed by atoms with van der Waals surface area (Å²) < 4.78 is 9.98. The average Bonchev–Trinajstić information content (AvgIpc) is 2.34. The molecule has 0 atom stereocenters. The largest absolute Gasteiger partial charge is 0.497 e. The van der Waals surface area contributed by atoms with E-state index in [1.165, 1.54) is 0 Å². The van der Waals surface area contributed by atoms with Gasteiger partial charge in [0.05, 0.1) is 13.5 Å².